The van der Waals surface area contributed by atoms with Crippen LogP contribution in [-0.2, 0) is 0 Å². The van der Waals surface area contributed by atoms with Crippen LogP contribution < -0.4 is 0 Å². The van der Waals surface area contributed by atoms with E-state index in [0.29, 0.717) is 5.56 Å². The highest BCUT2D eigenvalue weighted by atomic mass is 16.1. The largest absolute Gasteiger partial charge is 0.289 e. The smallest absolute Gasteiger partial charge is 0.185 e. The van der Waals surface area contributed by atoms with Crippen molar-refractivity contribution in [3.05, 3.63) is 102 Å². The average molecular weight is 322 g/mol. The highest BCUT2D eigenvalue weighted by molar-refractivity contribution is 6.13. The molecule has 0 aliphatic carbocycles. The van der Waals surface area contributed by atoms with Crippen LogP contribution in [0.1, 0.15) is 21.5 Å². The summed E-state index contributed by atoms with van der Waals surface area (Å²) in [4.78, 5) is 12.4. The molecular weight excluding hydrogens is 304 g/mol. The monoisotopic (exact) mass is 322 g/mol. The lowest BCUT2D eigenvalue weighted by atomic mass is 9.96. The SMILES string of the molecule is Cc1ccc(C(=O)C=Cc2cc3ccccc3c3ccccc23)cc1. The van der Waals surface area contributed by atoms with Gasteiger partial charge in [-0.1, -0.05) is 84.4 Å². The first-order valence-corrected chi connectivity index (χ1v) is 8.42. The minimum Gasteiger partial charge on any atom is -0.289 e. The lowest BCUT2D eigenvalue weighted by molar-refractivity contribution is 0.104. The highest BCUT2D eigenvalue weighted by Crippen LogP contribution is 2.29. The zero-order valence-electron chi connectivity index (χ0n) is 14.1. The molecule has 4 aromatic carbocycles. The first kappa shape index (κ1) is 15.3. The van der Waals surface area contributed by atoms with E-state index in [1.54, 1.807) is 6.08 Å². The Morgan fingerprint density at radius 3 is 2.16 bits per heavy atom. The van der Waals surface area contributed by atoms with Crippen LogP contribution in [0.5, 0.6) is 0 Å². The summed E-state index contributed by atoms with van der Waals surface area (Å²) in [6.45, 7) is 2.02. The molecule has 0 N–H and O–H groups in total. The van der Waals surface area contributed by atoms with Gasteiger partial charge in [-0.3, -0.25) is 4.79 Å². The molecule has 25 heavy (non-hydrogen) atoms. The molecule has 120 valence electrons. The molecule has 0 amide bonds. The molecule has 0 aliphatic rings. The van der Waals surface area contributed by atoms with Crippen molar-refractivity contribution in [2.45, 2.75) is 6.92 Å². The quantitative estimate of drug-likeness (QED) is 0.249. The predicted octanol–water partition coefficient (Wildman–Crippen LogP) is 6.20. The molecule has 0 aromatic heterocycles. The van der Waals surface area contributed by atoms with E-state index in [1.807, 2.05) is 49.4 Å². The Morgan fingerprint density at radius 1 is 0.760 bits per heavy atom. The fourth-order valence-corrected chi connectivity index (χ4v) is 3.20. The zero-order chi connectivity index (χ0) is 17.2. The molecule has 0 saturated carbocycles. The zero-order valence-corrected chi connectivity index (χ0v) is 14.1. The van der Waals surface area contributed by atoms with E-state index < -0.39 is 0 Å². The Balaban J connectivity index is 1.80. The summed E-state index contributed by atoms with van der Waals surface area (Å²) >= 11 is 0. The van der Waals surface area contributed by atoms with Gasteiger partial charge < -0.3 is 0 Å². The molecule has 0 bridgehead atoms. The summed E-state index contributed by atoms with van der Waals surface area (Å²) in [6.07, 6.45) is 3.60. The van der Waals surface area contributed by atoms with E-state index in [2.05, 4.69) is 42.5 Å². The second-order valence-corrected chi connectivity index (χ2v) is 6.30. The maximum Gasteiger partial charge on any atom is 0.185 e. The maximum absolute atomic E-state index is 12.4. The van der Waals surface area contributed by atoms with E-state index in [1.165, 1.54) is 16.2 Å². The van der Waals surface area contributed by atoms with Crippen LogP contribution >= 0.6 is 0 Å². The number of hydrogen-bond donors (Lipinski definition) is 0. The Hall–Kier alpha value is -3.19. The lowest BCUT2D eigenvalue weighted by Crippen LogP contribution is -1.93. The number of ketones is 1. The van der Waals surface area contributed by atoms with Gasteiger partial charge in [0, 0.05) is 5.56 Å². The van der Waals surface area contributed by atoms with Crippen molar-refractivity contribution < 1.29 is 4.79 Å². The van der Waals surface area contributed by atoms with Gasteiger partial charge in [0.2, 0.25) is 0 Å². The number of aryl methyl sites for hydroxylation is 1. The van der Waals surface area contributed by atoms with Gasteiger partial charge in [0.15, 0.2) is 5.78 Å². The molecule has 0 atom stereocenters. The summed E-state index contributed by atoms with van der Waals surface area (Å²) in [5, 5.41) is 4.79. The van der Waals surface area contributed by atoms with Crippen molar-refractivity contribution in [2.24, 2.45) is 0 Å². The van der Waals surface area contributed by atoms with Crippen LogP contribution in [0.15, 0.2) is 84.9 Å². The van der Waals surface area contributed by atoms with E-state index in [-0.39, 0.29) is 5.78 Å². The number of allylic oxidation sites excluding steroid dienone is 1. The highest BCUT2D eigenvalue weighted by Gasteiger charge is 2.05. The Morgan fingerprint density at radius 2 is 1.40 bits per heavy atom. The molecule has 0 fully saturated rings. The second kappa shape index (κ2) is 6.37. The van der Waals surface area contributed by atoms with E-state index in [4.69, 9.17) is 0 Å². The van der Waals surface area contributed by atoms with Gasteiger partial charge in [0.05, 0.1) is 0 Å². The molecule has 0 spiro atoms. The van der Waals surface area contributed by atoms with Crippen molar-refractivity contribution in [1.82, 2.24) is 0 Å². The standard InChI is InChI=1S/C24H18O/c1-17-10-12-18(13-11-17)24(25)15-14-20-16-19-6-2-3-7-21(19)23-9-5-4-8-22(20)23/h2-16H,1H3. The van der Waals surface area contributed by atoms with Crippen LogP contribution in [-0.4, -0.2) is 5.78 Å². The Labute approximate surface area is 147 Å². The molecule has 0 radical (unpaired) electrons. The fourth-order valence-electron chi connectivity index (χ4n) is 3.20. The molecule has 1 nitrogen and oxygen atoms in total. The van der Waals surface area contributed by atoms with Crippen molar-refractivity contribution >= 4 is 33.4 Å². The lowest BCUT2D eigenvalue weighted by Gasteiger charge is -2.07. The molecule has 4 aromatic rings. The van der Waals surface area contributed by atoms with Crippen molar-refractivity contribution in [3.8, 4) is 0 Å². The number of fused-ring (bicyclic) bond motifs is 3. The third-order valence-corrected chi connectivity index (χ3v) is 4.55. The Kier molecular flexibility index (Phi) is 3.91. The van der Waals surface area contributed by atoms with Crippen molar-refractivity contribution in [3.63, 3.8) is 0 Å². The maximum atomic E-state index is 12.4. The molecular formula is C24H18O. The van der Waals surface area contributed by atoms with Gasteiger partial charge in [-0.2, -0.15) is 0 Å². The third-order valence-electron chi connectivity index (χ3n) is 4.55. The summed E-state index contributed by atoms with van der Waals surface area (Å²) in [6, 6.07) is 26.5. The van der Waals surface area contributed by atoms with Gasteiger partial charge in [0.25, 0.3) is 0 Å². The summed E-state index contributed by atoms with van der Waals surface area (Å²) < 4.78 is 0. The second-order valence-electron chi connectivity index (χ2n) is 6.30. The van der Waals surface area contributed by atoms with Gasteiger partial charge >= 0.3 is 0 Å². The van der Waals surface area contributed by atoms with E-state index >= 15 is 0 Å². The molecule has 0 unspecified atom stereocenters. The minimum atomic E-state index is 0.0252. The summed E-state index contributed by atoms with van der Waals surface area (Å²) in [7, 11) is 0. The van der Waals surface area contributed by atoms with Gasteiger partial charge in [-0.15, -0.1) is 0 Å². The summed E-state index contributed by atoms with van der Waals surface area (Å²) in [5.41, 5.74) is 2.93. The average Bonchev–Trinajstić information content (AvgIpc) is 2.66. The van der Waals surface area contributed by atoms with E-state index in [0.717, 1.165) is 16.5 Å². The van der Waals surface area contributed by atoms with Crippen LogP contribution in [0.2, 0.25) is 0 Å². The van der Waals surface area contributed by atoms with Gasteiger partial charge in [-0.05, 0) is 46.2 Å². The molecule has 1 heteroatoms. The number of hydrogen-bond acceptors (Lipinski definition) is 1. The van der Waals surface area contributed by atoms with Gasteiger partial charge in [-0.25, -0.2) is 0 Å². The number of rotatable bonds is 3. The number of carbonyl (C=O) groups excluding carboxylic acids is 1. The van der Waals surface area contributed by atoms with Crippen LogP contribution in [0, 0.1) is 6.92 Å². The van der Waals surface area contributed by atoms with Crippen molar-refractivity contribution in [1.29, 1.82) is 0 Å². The van der Waals surface area contributed by atoms with Crippen molar-refractivity contribution in [2.75, 3.05) is 0 Å². The Bertz CT molecular complexity index is 1100. The van der Waals surface area contributed by atoms with Crippen LogP contribution in [0.3, 0.4) is 0 Å². The number of carbonyl (C=O) groups is 1. The van der Waals surface area contributed by atoms with E-state index in [9.17, 15) is 4.79 Å². The molecule has 0 aliphatic heterocycles. The molecule has 4 rings (SSSR count). The summed E-state index contributed by atoms with van der Waals surface area (Å²) in [5.74, 6) is 0.0252. The normalized spacial score (nSPS) is 11.4. The first-order valence-electron chi connectivity index (χ1n) is 8.42. The third kappa shape index (κ3) is 2.97. The van der Waals surface area contributed by atoms with Gasteiger partial charge in [0.1, 0.15) is 0 Å². The topological polar surface area (TPSA) is 17.1 Å². The van der Waals surface area contributed by atoms with Crippen LogP contribution in [0.4, 0.5) is 0 Å². The minimum absolute atomic E-state index is 0.0252. The predicted molar refractivity (Wildman–Crippen MR) is 106 cm³/mol. The fraction of sp³-hybridized carbons (Fsp3) is 0.0417. The number of benzene rings is 4. The first-order chi connectivity index (χ1) is 12.2. The molecule has 0 heterocycles. The molecule has 0 saturated heterocycles. The van der Waals surface area contributed by atoms with Crippen LogP contribution in [0.25, 0.3) is 27.6 Å².